The van der Waals surface area contributed by atoms with Crippen molar-refractivity contribution in [2.45, 2.75) is 12.1 Å². The molecule has 134 valence electrons. The minimum Gasteiger partial charge on any atom is -0.273 e. The Morgan fingerprint density at radius 2 is 1.44 bits per heavy atom. The van der Waals surface area contributed by atoms with Gasteiger partial charge in [-0.05, 0) is 35.7 Å². The first-order valence-corrected chi connectivity index (χ1v) is 9.61. The van der Waals surface area contributed by atoms with Crippen LogP contribution in [-0.4, -0.2) is 17.9 Å². The number of amides is 2. The average molecular weight is 376 g/mol. The van der Waals surface area contributed by atoms with Gasteiger partial charge in [0.25, 0.3) is 5.91 Å². The minimum absolute atomic E-state index is 0.215. The molecule has 2 amide bonds. The fraction of sp³-hybridized carbons (Fsp3) is 0.143. The van der Waals surface area contributed by atoms with Gasteiger partial charge in [0.1, 0.15) is 12.0 Å². The highest BCUT2D eigenvalue weighted by molar-refractivity contribution is 7.10. The standard InChI is InChI=1S/C21H16N2O3S/c24-20-17-18(16-12-7-13-27-16)23(15-10-5-2-6-11-15)26-19(17)21(25)22(20)14-8-3-1-4-9-14/h1-13,17-19H/t17-,18+,19+/m0/s1. The third-order valence-corrected chi connectivity index (χ3v) is 5.92. The number of para-hydroxylation sites is 2. The van der Waals surface area contributed by atoms with Crippen LogP contribution in [0.4, 0.5) is 11.4 Å². The smallest absolute Gasteiger partial charge is 0.266 e. The van der Waals surface area contributed by atoms with Gasteiger partial charge < -0.3 is 0 Å². The van der Waals surface area contributed by atoms with Gasteiger partial charge in [-0.2, -0.15) is 0 Å². The summed E-state index contributed by atoms with van der Waals surface area (Å²) in [6.45, 7) is 0. The molecule has 5 rings (SSSR count). The number of hydrogen-bond acceptors (Lipinski definition) is 5. The second-order valence-corrected chi connectivity index (χ2v) is 7.50. The van der Waals surface area contributed by atoms with Crippen molar-refractivity contribution >= 4 is 34.5 Å². The number of carbonyl (C=O) groups is 2. The number of imide groups is 1. The topological polar surface area (TPSA) is 49.9 Å². The molecule has 2 aliphatic rings. The molecule has 27 heavy (non-hydrogen) atoms. The molecule has 1 aromatic heterocycles. The lowest BCUT2D eigenvalue weighted by atomic mass is 9.95. The summed E-state index contributed by atoms with van der Waals surface area (Å²) in [5.41, 5.74) is 1.42. The molecule has 0 aliphatic carbocycles. The van der Waals surface area contributed by atoms with Gasteiger partial charge in [0.05, 0.1) is 11.4 Å². The molecule has 3 atom stereocenters. The van der Waals surface area contributed by atoms with Gasteiger partial charge in [-0.15, -0.1) is 11.3 Å². The number of hydroxylamine groups is 1. The molecule has 2 saturated heterocycles. The molecule has 3 heterocycles. The summed E-state index contributed by atoms with van der Waals surface area (Å²) in [5.74, 6) is -1.10. The number of anilines is 2. The molecule has 0 N–H and O–H groups in total. The zero-order valence-electron chi connectivity index (χ0n) is 14.3. The maximum Gasteiger partial charge on any atom is 0.266 e. The number of thiophene rings is 1. The van der Waals surface area contributed by atoms with E-state index < -0.39 is 12.0 Å². The highest BCUT2D eigenvalue weighted by Crippen LogP contribution is 2.48. The number of fused-ring (bicyclic) bond motifs is 1. The lowest BCUT2D eigenvalue weighted by Gasteiger charge is -2.27. The van der Waals surface area contributed by atoms with E-state index in [2.05, 4.69) is 0 Å². The van der Waals surface area contributed by atoms with Crippen LogP contribution < -0.4 is 9.96 Å². The van der Waals surface area contributed by atoms with Crippen LogP contribution in [0.1, 0.15) is 10.9 Å². The van der Waals surface area contributed by atoms with Gasteiger partial charge in [0.2, 0.25) is 5.91 Å². The Morgan fingerprint density at radius 3 is 2.07 bits per heavy atom. The van der Waals surface area contributed by atoms with Gasteiger partial charge in [0, 0.05) is 4.88 Å². The molecule has 2 aromatic carbocycles. The van der Waals surface area contributed by atoms with Crippen LogP contribution >= 0.6 is 11.3 Å². The summed E-state index contributed by atoms with van der Waals surface area (Å²) in [7, 11) is 0. The molecule has 0 radical (unpaired) electrons. The summed E-state index contributed by atoms with van der Waals surface area (Å²) >= 11 is 1.56. The Kier molecular flexibility index (Phi) is 3.81. The molecule has 0 saturated carbocycles. The second-order valence-electron chi connectivity index (χ2n) is 6.52. The van der Waals surface area contributed by atoms with Crippen LogP contribution in [0.15, 0.2) is 78.2 Å². The van der Waals surface area contributed by atoms with Crippen molar-refractivity contribution in [2.24, 2.45) is 5.92 Å². The molecule has 2 fully saturated rings. The Morgan fingerprint density at radius 1 is 0.778 bits per heavy atom. The molecule has 0 unspecified atom stereocenters. The summed E-state index contributed by atoms with van der Waals surface area (Å²) in [6, 6.07) is 22.2. The summed E-state index contributed by atoms with van der Waals surface area (Å²) in [4.78, 5) is 34.7. The van der Waals surface area contributed by atoms with E-state index in [0.717, 1.165) is 10.6 Å². The summed E-state index contributed by atoms with van der Waals surface area (Å²) in [6.07, 6.45) is -0.815. The molecule has 2 aliphatic heterocycles. The van der Waals surface area contributed by atoms with Crippen LogP contribution in [0.5, 0.6) is 0 Å². The molecule has 6 heteroatoms. The van der Waals surface area contributed by atoms with Crippen molar-refractivity contribution < 1.29 is 14.4 Å². The number of nitrogens with zero attached hydrogens (tertiary/aromatic N) is 2. The van der Waals surface area contributed by atoms with Gasteiger partial charge in [-0.3, -0.25) is 14.4 Å². The Balaban J connectivity index is 1.58. The lowest BCUT2D eigenvalue weighted by molar-refractivity contribution is -0.126. The SMILES string of the molecule is O=C1[C@H]2[C@@H](c3cccs3)N(c3ccccc3)O[C@H]2C(=O)N1c1ccccc1. The summed E-state index contributed by atoms with van der Waals surface area (Å²) in [5, 5.41) is 3.70. The first-order valence-electron chi connectivity index (χ1n) is 8.73. The molecule has 0 spiro atoms. The fourth-order valence-electron chi connectivity index (χ4n) is 3.79. The van der Waals surface area contributed by atoms with Crippen LogP contribution in [-0.2, 0) is 14.4 Å². The van der Waals surface area contributed by atoms with E-state index in [1.54, 1.807) is 28.5 Å². The van der Waals surface area contributed by atoms with E-state index in [9.17, 15) is 9.59 Å². The monoisotopic (exact) mass is 376 g/mol. The molecular weight excluding hydrogens is 360 g/mol. The predicted octanol–water partition coefficient (Wildman–Crippen LogP) is 3.80. The number of rotatable bonds is 3. The number of carbonyl (C=O) groups excluding carboxylic acids is 2. The maximum absolute atomic E-state index is 13.3. The van der Waals surface area contributed by atoms with E-state index in [4.69, 9.17) is 4.84 Å². The van der Waals surface area contributed by atoms with E-state index in [0.29, 0.717) is 5.69 Å². The maximum atomic E-state index is 13.3. The third kappa shape index (κ3) is 2.49. The van der Waals surface area contributed by atoms with Crippen LogP contribution in [0.3, 0.4) is 0 Å². The van der Waals surface area contributed by atoms with E-state index in [1.807, 2.05) is 66.0 Å². The minimum atomic E-state index is -0.815. The Hall–Kier alpha value is -2.96. The Labute approximate surface area is 160 Å². The van der Waals surface area contributed by atoms with Gasteiger partial charge >= 0.3 is 0 Å². The van der Waals surface area contributed by atoms with Crippen molar-refractivity contribution in [2.75, 3.05) is 9.96 Å². The first-order chi connectivity index (χ1) is 13.3. The van der Waals surface area contributed by atoms with Crippen LogP contribution in [0.2, 0.25) is 0 Å². The van der Waals surface area contributed by atoms with E-state index >= 15 is 0 Å². The highest BCUT2D eigenvalue weighted by atomic mass is 32.1. The molecular formula is C21H16N2O3S. The largest absolute Gasteiger partial charge is 0.273 e. The molecule has 0 bridgehead atoms. The van der Waals surface area contributed by atoms with Crippen molar-refractivity contribution in [3.05, 3.63) is 83.1 Å². The Bertz CT molecular complexity index is 975. The summed E-state index contributed by atoms with van der Waals surface area (Å²) < 4.78 is 0. The zero-order chi connectivity index (χ0) is 18.4. The average Bonchev–Trinajstić information content (AvgIpc) is 3.41. The van der Waals surface area contributed by atoms with E-state index in [-0.39, 0.29) is 17.9 Å². The zero-order valence-corrected chi connectivity index (χ0v) is 15.1. The first kappa shape index (κ1) is 16.2. The molecule has 5 nitrogen and oxygen atoms in total. The van der Waals surface area contributed by atoms with Crippen molar-refractivity contribution in [3.63, 3.8) is 0 Å². The van der Waals surface area contributed by atoms with E-state index in [1.165, 1.54) is 4.90 Å². The predicted molar refractivity (Wildman–Crippen MR) is 103 cm³/mol. The van der Waals surface area contributed by atoms with Gasteiger partial charge in [-0.25, -0.2) is 9.96 Å². The normalized spacial score (nSPS) is 24.5. The van der Waals surface area contributed by atoms with Gasteiger partial charge in [0.15, 0.2) is 6.10 Å². The highest BCUT2D eigenvalue weighted by Gasteiger charge is 2.60. The second kappa shape index (κ2) is 6.33. The molecule has 3 aromatic rings. The number of benzene rings is 2. The fourth-order valence-corrected chi connectivity index (χ4v) is 4.65. The van der Waals surface area contributed by atoms with Crippen molar-refractivity contribution in [1.82, 2.24) is 0 Å². The lowest BCUT2D eigenvalue weighted by Crippen LogP contribution is -2.37. The number of hydrogen-bond donors (Lipinski definition) is 0. The van der Waals surface area contributed by atoms with Crippen molar-refractivity contribution in [3.8, 4) is 0 Å². The van der Waals surface area contributed by atoms with Crippen molar-refractivity contribution in [1.29, 1.82) is 0 Å². The van der Waals surface area contributed by atoms with Crippen LogP contribution in [0, 0.1) is 5.92 Å². The van der Waals surface area contributed by atoms with Gasteiger partial charge in [-0.1, -0.05) is 42.5 Å². The quantitative estimate of drug-likeness (QED) is 0.653. The van der Waals surface area contributed by atoms with Crippen LogP contribution in [0.25, 0.3) is 0 Å². The third-order valence-electron chi connectivity index (χ3n) is 4.98.